The van der Waals surface area contributed by atoms with Gasteiger partial charge in [0.05, 0.1) is 0 Å². The van der Waals surface area contributed by atoms with Crippen molar-refractivity contribution in [3.63, 3.8) is 0 Å². The average molecular weight is 399 g/mol. The molecule has 0 bridgehead atoms. The van der Waals surface area contributed by atoms with Crippen LogP contribution >= 0.6 is 22.6 Å². The zero-order chi connectivity index (χ0) is 14.7. The van der Waals surface area contributed by atoms with Crippen LogP contribution in [0, 0.1) is 8.99 Å². The smallest absolute Gasteiger partial charge is 0.120 e. The first-order valence-electron chi connectivity index (χ1n) is 8.40. The van der Waals surface area contributed by atoms with Crippen LogP contribution in [0.25, 0.3) is 0 Å². The highest BCUT2D eigenvalue weighted by Crippen LogP contribution is 2.53. The van der Waals surface area contributed by atoms with Crippen molar-refractivity contribution in [2.24, 2.45) is 5.41 Å². The fraction of sp³-hybridized carbons (Fsp3) is 0.667. The third-order valence-electron chi connectivity index (χ3n) is 5.28. The highest BCUT2D eigenvalue weighted by molar-refractivity contribution is 14.1. The molecule has 116 valence electrons. The fourth-order valence-electron chi connectivity index (χ4n) is 4.10. The normalized spacial score (nSPS) is 27.3. The molecule has 2 aliphatic carbocycles. The number of hydrogen-bond acceptors (Lipinski definition) is 2. The van der Waals surface area contributed by atoms with Gasteiger partial charge in [-0.05, 0) is 66.6 Å². The Morgan fingerprint density at radius 3 is 2.81 bits per heavy atom. The van der Waals surface area contributed by atoms with E-state index in [9.17, 15) is 0 Å². The van der Waals surface area contributed by atoms with Crippen molar-refractivity contribution in [1.82, 2.24) is 5.32 Å². The van der Waals surface area contributed by atoms with Crippen LogP contribution < -0.4 is 10.1 Å². The molecule has 3 rings (SSSR count). The molecule has 1 aromatic carbocycles. The lowest BCUT2D eigenvalue weighted by molar-refractivity contribution is -0.103. The van der Waals surface area contributed by atoms with Gasteiger partial charge in [-0.1, -0.05) is 32.3 Å². The third kappa shape index (κ3) is 3.24. The number of rotatable bonds is 5. The summed E-state index contributed by atoms with van der Waals surface area (Å²) in [6, 6.07) is 9.15. The molecule has 2 fully saturated rings. The first kappa shape index (κ1) is 15.6. The number of halogens is 1. The highest BCUT2D eigenvalue weighted by atomic mass is 127. The second-order valence-corrected chi connectivity index (χ2v) is 7.85. The first-order valence-corrected chi connectivity index (χ1v) is 9.48. The van der Waals surface area contributed by atoms with Gasteiger partial charge in [-0.25, -0.2) is 0 Å². The number of hydrogen-bond donors (Lipinski definition) is 1. The fourth-order valence-corrected chi connectivity index (χ4v) is 4.62. The minimum atomic E-state index is 0.398. The zero-order valence-electron chi connectivity index (χ0n) is 12.9. The van der Waals surface area contributed by atoms with E-state index >= 15 is 0 Å². The quantitative estimate of drug-likeness (QED) is 0.721. The van der Waals surface area contributed by atoms with Crippen molar-refractivity contribution < 1.29 is 4.74 Å². The molecule has 0 heterocycles. The Balaban J connectivity index is 1.70. The van der Waals surface area contributed by atoms with E-state index in [2.05, 4.69) is 59.1 Å². The SMILES string of the molecule is CCCNC1CC(Oc2cccc(I)c2)C12CCCCC2. The predicted octanol–water partition coefficient (Wildman–Crippen LogP) is 4.76. The zero-order valence-corrected chi connectivity index (χ0v) is 15.1. The van der Waals surface area contributed by atoms with E-state index in [0.717, 1.165) is 12.3 Å². The molecule has 2 saturated carbocycles. The van der Waals surface area contributed by atoms with E-state index in [1.165, 1.54) is 48.5 Å². The van der Waals surface area contributed by atoms with E-state index < -0.39 is 0 Å². The lowest BCUT2D eigenvalue weighted by atomic mass is 9.55. The second-order valence-electron chi connectivity index (χ2n) is 6.60. The van der Waals surface area contributed by atoms with Gasteiger partial charge in [-0.2, -0.15) is 0 Å². The lowest BCUT2D eigenvalue weighted by Crippen LogP contribution is -2.65. The third-order valence-corrected chi connectivity index (χ3v) is 5.96. The molecule has 0 aliphatic heterocycles. The summed E-state index contributed by atoms with van der Waals surface area (Å²) >= 11 is 2.36. The molecule has 2 aliphatic rings. The summed E-state index contributed by atoms with van der Waals surface area (Å²) < 4.78 is 7.64. The van der Waals surface area contributed by atoms with Crippen LogP contribution in [0.1, 0.15) is 51.9 Å². The van der Waals surface area contributed by atoms with Crippen molar-refractivity contribution >= 4 is 22.6 Å². The molecule has 2 nitrogen and oxygen atoms in total. The van der Waals surface area contributed by atoms with Crippen molar-refractivity contribution in [2.45, 2.75) is 64.0 Å². The Hall–Kier alpha value is -0.290. The summed E-state index contributed by atoms with van der Waals surface area (Å²) in [5.74, 6) is 1.05. The summed E-state index contributed by atoms with van der Waals surface area (Å²) in [6.45, 7) is 3.39. The standard InChI is InChI=1S/C18H26INO/c1-2-11-20-16-13-17(18(16)9-4-3-5-10-18)21-15-8-6-7-14(19)12-15/h6-8,12,16-17,20H,2-5,9-11,13H2,1H3. The Labute approximate surface area is 142 Å². The number of nitrogens with one attached hydrogen (secondary N) is 1. The van der Waals surface area contributed by atoms with E-state index in [0.29, 0.717) is 17.6 Å². The molecular formula is C18H26INO. The highest BCUT2D eigenvalue weighted by Gasteiger charge is 2.56. The molecule has 0 saturated heterocycles. The van der Waals surface area contributed by atoms with Gasteiger partial charge >= 0.3 is 0 Å². The maximum absolute atomic E-state index is 6.39. The van der Waals surface area contributed by atoms with Gasteiger partial charge in [0, 0.05) is 21.4 Å². The molecular weight excluding hydrogens is 373 g/mol. The van der Waals surface area contributed by atoms with Crippen LogP contribution in [0.3, 0.4) is 0 Å². The summed E-state index contributed by atoms with van der Waals surface area (Å²) in [6.07, 6.45) is 9.61. The van der Waals surface area contributed by atoms with Gasteiger partial charge < -0.3 is 10.1 Å². The van der Waals surface area contributed by atoms with Gasteiger partial charge in [0.1, 0.15) is 11.9 Å². The van der Waals surface area contributed by atoms with Crippen molar-refractivity contribution in [3.05, 3.63) is 27.8 Å². The topological polar surface area (TPSA) is 21.3 Å². The summed E-state index contributed by atoms with van der Waals surface area (Å²) in [5.41, 5.74) is 0.398. The number of ether oxygens (including phenoxy) is 1. The van der Waals surface area contributed by atoms with E-state index in [4.69, 9.17) is 4.74 Å². The van der Waals surface area contributed by atoms with Gasteiger partial charge in [-0.15, -0.1) is 0 Å². The Morgan fingerprint density at radius 1 is 1.29 bits per heavy atom. The van der Waals surface area contributed by atoms with Crippen LogP contribution in [0.5, 0.6) is 5.75 Å². The van der Waals surface area contributed by atoms with E-state index in [-0.39, 0.29) is 0 Å². The Bertz CT molecular complexity index is 470. The molecule has 0 amide bonds. The minimum Gasteiger partial charge on any atom is -0.490 e. The molecule has 2 unspecified atom stereocenters. The van der Waals surface area contributed by atoms with Crippen LogP contribution in [0.4, 0.5) is 0 Å². The Kier molecular flexibility index (Phi) is 5.10. The van der Waals surface area contributed by atoms with Gasteiger partial charge in [0.25, 0.3) is 0 Å². The molecule has 2 atom stereocenters. The lowest BCUT2D eigenvalue weighted by Gasteiger charge is -2.57. The van der Waals surface area contributed by atoms with Crippen LogP contribution in [0.15, 0.2) is 24.3 Å². The molecule has 0 radical (unpaired) electrons. The molecule has 3 heteroatoms. The average Bonchev–Trinajstić information content (AvgIpc) is 2.51. The molecule has 0 aromatic heterocycles. The van der Waals surface area contributed by atoms with Crippen LogP contribution in [-0.2, 0) is 0 Å². The van der Waals surface area contributed by atoms with Gasteiger partial charge in [-0.3, -0.25) is 0 Å². The summed E-state index contributed by atoms with van der Waals surface area (Å²) in [4.78, 5) is 0. The van der Waals surface area contributed by atoms with E-state index in [1.807, 2.05) is 0 Å². The largest absolute Gasteiger partial charge is 0.490 e. The Morgan fingerprint density at radius 2 is 2.10 bits per heavy atom. The molecule has 1 spiro atoms. The van der Waals surface area contributed by atoms with Crippen LogP contribution in [0.2, 0.25) is 0 Å². The first-order chi connectivity index (χ1) is 10.2. The molecule has 21 heavy (non-hydrogen) atoms. The number of benzene rings is 1. The van der Waals surface area contributed by atoms with Crippen molar-refractivity contribution in [3.8, 4) is 5.75 Å². The molecule has 1 N–H and O–H groups in total. The van der Waals surface area contributed by atoms with Crippen molar-refractivity contribution in [1.29, 1.82) is 0 Å². The molecule has 1 aromatic rings. The maximum Gasteiger partial charge on any atom is 0.120 e. The summed E-state index contributed by atoms with van der Waals surface area (Å²) in [5, 5.41) is 3.77. The predicted molar refractivity (Wildman–Crippen MR) is 95.8 cm³/mol. The minimum absolute atomic E-state index is 0.398. The summed E-state index contributed by atoms with van der Waals surface area (Å²) in [7, 11) is 0. The van der Waals surface area contributed by atoms with E-state index in [1.54, 1.807) is 0 Å². The second kappa shape index (κ2) is 6.86. The van der Waals surface area contributed by atoms with Gasteiger partial charge in [0.15, 0.2) is 0 Å². The van der Waals surface area contributed by atoms with Crippen molar-refractivity contribution in [2.75, 3.05) is 6.54 Å². The van der Waals surface area contributed by atoms with Crippen LogP contribution in [-0.4, -0.2) is 18.7 Å². The monoisotopic (exact) mass is 399 g/mol. The maximum atomic E-state index is 6.39. The van der Waals surface area contributed by atoms with Gasteiger partial charge in [0.2, 0.25) is 0 Å².